The van der Waals surface area contributed by atoms with Gasteiger partial charge in [0.15, 0.2) is 5.65 Å². The van der Waals surface area contributed by atoms with Gasteiger partial charge in [-0.3, -0.25) is 4.40 Å². The lowest BCUT2D eigenvalue weighted by molar-refractivity contribution is 0.174. The average Bonchev–Trinajstić information content (AvgIpc) is 2.71. The zero-order chi connectivity index (χ0) is 12.6. The molecule has 0 unspecified atom stereocenters. The summed E-state index contributed by atoms with van der Waals surface area (Å²) in [5, 5.41) is 3.70. The maximum absolute atomic E-state index is 4.37. The second-order valence-electron chi connectivity index (χ2n) is 5.03. The fourth-order valence-electron chi connectivity index (χ4n) is 2.58. The Hall–Kier alpha value is -0.940. The van der Waals surface area contributed by atoms with E-state index in [0.717, 1.165) is 16.8 Å². The number of nitrogens with zero attached hydrogens (tertiary/aromatic N) is 3. The highest BCUT2D eigenvalue weighted by molar-refractivity contribution is 9.10. The minimum absolute atomic E-state index is 0.369. The Morgan fingerprint density at radius 2 is 2.22 bits per heavy atom. The number of hydrogen-bond acceptors (Lipinski definition) is 3. The maximum Gasteiger partial charge on any atom is 0.155 e. The van der Waals surface area contributed by atoms with E-state index < -0.39 is 0 Å². The van der Waals surface area contributed by atoms with Crippen LogP contribution >= 0.6 is 15.9 Å². The predicted octanol–water partition coefficient (Wildman–Crippen LogP) is 2.91. The van der Waals surface area contributed by atoms with Crippen molar-refractivity contribution >= 4 is 21.6 Å². The topological polar surface area (TPSA) is 42.2 Å². The lowest BCUT2D eigenvalue weighted by Gasteiger charge is -2.42. The van der Waals surface area contributed by atoms with Gasteiger partial charge in [-0.25, -0.2) is 9.97 Å². The van der Waals surface area contributed by atoms with Gasteiger partial charge in [-0.2, -0.15) is 0 Å². The Morgan fingerprint density at radius 1 is 1.39 bits per heavy atom. The molecule has 1 saturated carbocycles. The molecule has 2 aromatic heterocycles. The smallest absolute Gasteiger partial charge is 0.155 e. The summed E-state index contributed by atoms with van der Waals surface area (Å²) in [5.41, 5.74) is 2.45. The zero-order valence-electron chi connectivity index (χ0n) is 10.5. The first kappa shape index (κ1) is 12.1. The lowest BCUT2D eigenvalue weighted by atomic mass is 9.75. The van der Waals surface area contributed by atoms with Crippen molar-refractivity contribution in [3.8, 4) is 0 Å². The van der Waals surface area contributed by atoms with E-state index in [0.29, 0.717) is 5.54 Å². The molecule has 0 aliphatic heterocycles. The van der Waals surface area contributed by atoms with E-state index in [9.17, 15) is 0 Å². The van der Waals surface area contributed by atoms with Gasteiger partial charge in [-0.15, -0.1) is 0 Å². The van der Waals surface area contributed by atoms with Crippen molar-refractivity contribution in [3.05, 3.63) is 28.9 Å². The summed E-state index contributed by atoms with van der Waals surface area (Å²) in [4.78, 5) is 8.56. The van der Waals surface area contributed by atoms with Crippen LogP contribution in [0.1, 0.15) is 38.3 Å². The number of halogens is 1. The van der Waals surface area contributed by atoms with Gasteiger partial charge >= 0.3 is 0 Å². The number of aromatic nitrogens is 3. The summed E-state index contributed by atoms with van der Waals surface area (Å²) < 4.78 is 2.93. The third-order valence-electron chi connectivity index (χ3n) is 4.07. The van der Waals surface area contributed by atoms with Crippen LogP contribution in [-0.4, -0.2) is 19.9 Å². The Morgan fingerprint density at radius 3 is 2.89 bits per heavy atom. The molecule has 0 radical (unpaired) electrons. The van der Waals surface area contributed by atoms with Crippen molar-refractivity contribution in [3.63, 3.8) is 0 Å². The molecule has 1 aliphatic carbocycles. The quantitative estimate of drug-likeness (QED) is 0.944. The number of fused-ring (bicyclic) bond motifs is 1. The highest BCUT2D eigenvalue weighted by Gasteiger charge is 2.34. The second-order valence-corrected chi connectivity index (χ2v) is 5.84. The van der Waals surface area contributed by atoms with Crippen LogP contribution in [0.2, 0.25) is 0 Å². The minimum Gasteiger partial charge on any atom is -0.306 e. The van der Waals surface area contributed by atoms with Crippen molar-refractivity contribution in [1.82, 2.24) is 19.7 Å². The van der Waals surface area contributed by atoms with E-state index >= 15 is 0 Å². The molecule has 4 nitrogen and oxygen atoms in total. The lowest BCUT2D eigenvalue weighted by Crippen LogP contribution is -2.50. The number of nitrogens with one attached hydrogen (secondary N) is 1. The largest absolute Gasteiger partial charge is 0.306 e. The molecule has 1 aliphatic rings. The van der Waals surface area contributed by atoms with Crippen LogP contribution < -0.4 is 5.32 Å². The van der Waals surface area contributed by atoms with E-state index in [1.54, 1.807) is 6.20 Å². The molecule has 3 rings (SSSR count). The maximum atomic E-state index is 4.37. The Bertz CT molecular complexity index is 554. The summed E-state index contributed by atoms with van der Waals surface area (Å²) in [5.74, 6) is 0. The molecular formula is C13H17BrN4. The van der Waals surface area contributed by atoms with Crippen molar-refractivity contribution in [1.29, 1.82) is 0 Å². The highest BCUT2D eigenvalue weighted by atomic mass is 79.9. The van der Waals surface area contributed by atoms with Crippen LogP contribution in [0.4, 0.5) is 0 Å². The molecule has 2 heterocycles. The van der Waals surface area contributed by atoms with Gasteiger partial charge < -0.3 is 5.32 Å². The number of hydrogen-bond donors (Lipinski definition) is 1. The van der Waals surface area contributed by atoms with Gasteiger partial charge in [-0.05, 0) is 41.6 Å². The van der Waals surface area contributed by atoms with E-state index in [2.05, 4.69) is 42.5 Å². The van der Waals surface area contributed by atoms with E-state index in [4.69, 9.17) is 0 Å². The summed E-state index contributed by atoms with van der Waals surface area (Å²) >= 11 is 3.40. The zero-order valence-corrected chi connectivity index (χ0v) is 12.1. The monoisotopic (exact) mass is 308 g/mol. The van der Waals surface area contributed by atoms with Gasteiger partial charge in [0.25, 0.3) is 0 Å². The summed E-state index contributed by atoms with van der Waals surface area (Å²) in [6.45, 7) is 3.13. The second kappa shape index (κ2) is 4.63. The van der Waals surface area contributed by atoms with Gasteiger partial charge in [0.2, 0.25) is 0 Å². The average molecular weight is 309 g/mol. The summed E-state index contributed by atoms with van der Waals surface area (Å²) in [6.07, 6.45) is 10.8. The van der Waals surface area contributed by atoms with Crippen molar-refractivity contribution in [2.75, 3.05) is 0 Å². The molecule has 0 aromatic carbocycles. The van der Waals surface area contributed by atoms with Crippen LogP contribution in [0, 0.1) is 0 Å². The molecule has 96 valence electrons. The first-order valence-corrected chi connectivity index (χ1v) is 7.24. The van der Waals surface area contributed by atoms with Crippen LogP contribution in [-0.2, 0) is 6.54 Å². The summed E-state index contributed by atoms with van der Waals surface area (Å²) in [6, 6.07) is 0. The first-order chi connectivity index (χ1) is 8.72. The Kier molecular flexibility index (Phi) is 3.11. The first-order valence-electron chi connectivity index (χ1n) is 6.45. The molecule has 2 aromatic rings. The number of imidazole rings is 1. The fourth-order valence-corrected chi connectivity index (χ4v) is 2.89. The molecule has 1 fully saturated rings. The third kappa shape index (κ3) is 2.06. The molecule has 5 heteroatoms. The van der Waals surface area contributed by atoms with Crippen molar-refractivity contribution < 1.29 is 0 Å². The molecule has 0 spiro atoms. The molecule has 18 heavy (non-hydrogen) atoms. The summed E-state index contributed by atoms with van der Waals surface area (Å²) in [7, 11) is 0. The molecular weight excluding hydrogens is 292 g/mol. The van der Waals surface area contributed by atoms with Crippen molar-refractivity contribution in [2.45, 2.75) is 44.7 Å². The Labute approximate surface area is 115 Å². The normalized spacial score (nSPS) is 17.9. The third-order valence-corrected chi connectivity index (χ3v) is 4.48. The highest BCUT2D eigenvalue weighted by Crippen LogP contribution is 2.34. The van der Waals surface area contributed by atoms with Crippen LogP contribution in [0.3, 0.4) is 0 Å². The van der Waals surface area contributed by atoms with E-state index in [1.807, 2.05) is 12.4 Å². The van der Waals surface area contributed by atoms with Gasteiger partial charge in [0.05, 0.1) is 18.1 Å². The molecule has 0 saturated heterocycles. The van der Waals surface area contributed by atoms with Crippen LogP contribution in [0.25, 0.3) is 5.65 Å². The molecule has 1 N–H and O–H groups in total. The predicted molar refractivity (Wildman–Crippen MR) is 74.4 cm³/mol. The minimum atomic E-state index is 0.369. The molecule has 0 atom stereocenters. The Balaban J connectivity index is 1.80. The number of rotatable bonds is 4. The van der Waals surface area contributed by atoms with Gasteiger partial charge in [0, 0.05) is 18.3 Å². The van der Waals surface area contributed by atoms with Crippen LogP contribution in [0.15, 0.2) is 23.2 Å². The van der Waals surface area contributed by atoms with E-state index in [-0.39, 0.29) is 0 Å². The standard InChI is InChI=1S/C13H17BrN4/c1-2-13(4-3-5-13)17-7-10-6-16-12-8-15-11(14)9-18(10)12/h6,8-9,17H,2-5,7H2,1H3. The van der Waals surface area contributed by atoms with Crippen molar-refractivity contribution in [2.24, 2.45) is 0 Å². The van der Waals surface area contributed by atoms with E-state index in [1.165, 1.54) is 31.4 Å². The SMILES string of the molecule is CCC1(NCc2cnc3cnc(Br)cn23)CCC1. The van der Waals surface area contributed by atoms with Crippen LogP contribution in [0.5, 0.6) is 0 Å². The molecule has 0 amide bonds. The van der Waals surface area contributed by atoms with Gasteiger partial charge in [-0.1, -0.05) is 6.92 Å². The fraction of sp³-hybridized carbons (Fsp3) is 0.538. The van der Waals surface area contributed by atoms with Gasteiger partial charge in [0.1, 0.15) is 4.60 Å². The molecule has 0 bridgehead atoms.